The molecule has 0 radical (unpaired) electrons. The molecule has 0 aromatic heterocycles. The Labute approximate surface area is 265 Å². The van der Waals surface area contributed by atoms with Gasteiger partial charge in [0.2, 0.25) is 11.8 Å². The molecule has 2 unspecified atom stereocenters. The largest absolute Gasteiger partial charge is 0.405 e. The average molecular weight is 636 g/mol. The van der Waals surface area contributed by atoms with Crippen LogP contribution in [-0.2, 0) is 15.0 Å². The van der Waals surface area contributed by atoms with Crippen LogP contribution in [0.3, 0.4) is 0 Å². The van der Waals surface area contributed by atoms with E-state index in [1.54, 1.807) is 0 Å². The van der Waals surface area contributed by atoms with Crippen LogP contribution in [0.15, 0.2) is 88.5 Å². The fourth-order valence-corrected chi connectivity index (χ4v) is 7.75. The summed E-state index contributed by atoms with van der Waals surface area (Å²) in [6, 6.07) is 24.4. The summed E-state index contributed by atoms with van der Waals surface area (Å²) < 4.78 is 43.5. The lowest BCUT2D eigenvalue weighted by atomic mass is 9.73. The van der Waals surface area contributed by atoms with Crippen molar-refractivity contribution in [3.63, 3.8) is 0 Å². The summed E-state index contributed by atoms with van der Waals surface area (Å²) in [5, 5.41) is 9.48. The average Bonchev–Trinajstić information content (AvgIpc) is 3.66. The molecule has 7 nitrogen and oxygen atoms in total. The minimum atomic E-state index is -4.50. The smallest absolute Gasteiger partial charge is 0.351 e. The number of likely N-dealkylation sites (tertiary alicyclic amines) is 1. The number of hydrogen-bond acceptors (Lipinski definition) is 6. The Kier molecular flexibility index (Phi) is 9.28. The lowest BCUT2D eigenvalue weighted by Gasteiger charge is -2.34. The van der Waals surface area contributed by atoms with Gasteiger partial charge in [0.25, 0.3) is 0 Å². The van der Waals surface area contributed by atoms with Crippen molar-refractivity contribution >= 4 is 23.8 Å². The number of halogens is 3. The van der Waals surface area contributed by atoms with Crippen LogP contribution in [0.2, 0.25) is 0 Å². The molecule has 11 heteroatoms. The number of hydrogen-bond donors (Lipinski definition) is 2. The van der Waals surface area contributed by atoms with Gasteiger partial charge in [-0.2, -0.15) is 18.3 Å². The van der Waals surface area contributed by atoms with E-state index in [1.807, 2.05) is 78.9 Å². The highest BCUT2D eigenvalue weighted by Gasteiger charge is 2.49. The highest BCUT2D eigenvalue weighted by molar-refractivity contribution is 7.98. The molecule has 2 atom stereocenters. The third-order valence-electron chi connectivity index (χ3n) is 9.13. The number of carbonyl (C=O) groups excluding carboxylic acids is 2. The molecule has 0 bridgehead atoms. The van der Waals surface area contributed by atoms with Crippen LogP contribution in [0.5, 0.6) is 0 Å². The summed E-state index contributed by atoms with van der Waals surface area (Å²) in [7, 11) is 0. The van der Waals surface area contributed by atoms with E-state index in [0.717, 1.165) is 66.7 Å². The van der Waals surface area contributed by atoms with Crippen LogP contribution in [0.1, 0.15) is 54.0 Å². The number of piperidine rings is 1. The second kappa shape index (κ2) is 13.3. The number of nitrogens with zero attached hydrogens (tertiary/aromatic N) is 3. The molecule has 0 spiro atoms. The Morgan fingerprint density at radius 3 is 2.16 bits per heavy atom. The van der Waals surface area contributed by atoms with Crippen molar-refractivity contribution in [1.82, 2.24) is 15.5 Å². The van der Waals surface area contributed by atoms with E-state index in [2.05, 4.69) is 25.2 Å². The van der Waals surface area contributed by atoms with E-state index in [4.69, 9.17) is 0 Å². The Hall–Kier alpha value is -3.70. The molecule has 3 aliphatic rings. The number of rotatable bonds is 10. The quantitative estimate of drug-likeness (QED) is 0.194. The maximum atomic E-state index is 13.7. The van der Waals surface area contributed by atoms with Gasteiger partial charge in [-0.25, -0.2) is 0 Å². The molecule has 45 heavy (non-hydrogen) atoms. The van der Waals surface area contributed by atoms with E-state index in [0.29, 0.717) is 12.8 Å². The molecule has 1 fully saturated rings. The van der Waals surface area contributed by atoms with Crippen molar-refractivity contribution in [1.29, 1.82) is 0 Å². The van der Waals surface area contributed by atoms with Gasteiger partial charge in [-0.05, 0) is 60.0 Å². The fourth-order valence-electron chi connectivity index (χ4n) is 6.92. The number of alkyl halides is 3. The Morgan fingerprint density at radius 1 is 0.889 bits per heavy atom. The molecule has 236 valence electrons. The second-order valence-electron chi connectivity index (χ2n) is 12.0. The number of benzene rings is 3. The zero-order valence-electron chi connectivity index (χ0n) is 24.8. The van der Waals surface area contributed by atoms with Crippen LogP contribution in [-0.4, -0.2) is 61.2 Å². The lowest BCUT2D eigenvalue weighted by Crippen LogP contribution is -2.48. The Bertz CT molecular complexity index is 1500. The van der Waals surface area contributed by atoms with Gasteiger partial charge in [0.15, 0.2) is 6.04 Å². The minimum Gasteiger partial charge on any atom is -0.351 e. The normalized spacial score (nSPS) is 20.9. The van der Waals surface area contributed by atoms with Crippen LogP contribution in [0.4, 0.5) is 13.2 Å². The number of carbonyl (C=O) groups is 2. The highest BCUT2D eigenvalue weighted by Crippen LogP contribution is 2.51. The van der Waals surface area contributed by atoms with Crippen molar-refractivity contribution in [3.8, 4) is 11.1 Å². The van der Waals surface area contributed by atoms with Crippen LogP contribution in [0, 0.1) is 0 Å². The molecule has 3 aromatic rings. The highest BCUT2D eigenvalue weighted by atomic mass is 32.2. The summed E-state index contributed by atoms with van der Waals surface area (Å²) in [6.45, 7) is 1.11. The molecular weight excluding hydrogens is 599 g/mol. The number of unbranched alkanes of at least 4 members (excludes halogenated alkanes) is 1. The van der Waals surface area contributed by atoms with Gasteiger partial charge in [-0.1, -0.05) is 85.3 Å². The summed E-state index contributed by atoms with van der Waals surface area (Å²) in [5.74, 6) is -0.703. The van der Waals surface area contributed by atoms with Crippen molar-refractivity contribution in [3.05, 3.63) is 95.6 Å². The first-order chi connectivity index (χ1) is 21.8. The van der Waals surface area contributed by atoms with Crippen molar-refractivity contribution in [2.24, 2.45) is 9.63 Å². The van der Waals surface area contributed by atoms with Crippen LogP contribution in [0.25, 0.3) is 11.1 Å². The second-order valence-corrected chi connectivity index (χ2v) is 12.8. The summed E-state index contributed by atoms with van der Waals surface area (Å²) >= 11 is 1.33. The molecule has 2 aliphatic heterocycles. The van der Waals surface area contributed by atoms with E-state index in [-0.39, 0.29) is 17.2 Å². The van der Waals surface area contributed by atoms with Crippen LogP contribution >= 0.6 is 11.9 Å². The van der Waals surface area contributed by atoms with Gasteiger partial charge in [0.05, 0.1) is 5.25 Å². The van der Waals surface area contributed by atoms with Gasteiger partial charge >= 0.3 is 6.18 Å². The van der Waals surface area contributed by atoms with Crippen molar-refractivity contribution < 1.29 is 22.8 Å². The van der Waals surface area contributed by atoms with Crippen molar-refractivity contribution in [2.45, 2.75) is 61.0 Å². The summed E-state index contributed by atoms with van der Waals surface area (Å²) in [4.78, 5) is 29.1. The third-order valence-corrected chi connectivity index (χ3v) is 10.1. The molecule has 2 heterocycles. The molecule has 1 aliphatic carbocycles. The van der Waals surface area contributed by atoms with E-state index < -0.39 is 30.1 Å². The number of amides is 2. The maximum Gasteiger partial charge on any atom is 0.405 e. The first-order valence-electron chi connectivity index (χ1n) is 15.4. The molecule has 1 saturated heterocycles. The van der Waals surface area contributed by atoms with Gasteiger partial charge in [0, 0.05) is 31.1 Å². The molecule has 3 aromatic carbocycles. The zero-order chi connectivity index (χ0) is 31.4. The molecular formula is C34H36F3N5O2S. The summed E-state index contributed by atoms with van der Waals surface area (Å²) in [6.07, 6.45) is -0.970. The molecule has 2 amide bonds. The Morgan fingerprint density at radius 2 is 1.51 bits per heavy atom. The fraction of sp³-hybridized carbons (Fsp3) is 0.412. The minimum absolute atomic E-state index is 0.0677. The molecule has 6 rings (SSSR count). The number of fused-ring (bicyclic) bond motifs is 3. The van der Waals surface area contributed by atoms with Gasteiger partial charge in [0.1, 0.15) is 12.0 Å². The summed E-state index contributed by atoms with van der Waals surface area (Å²) in [5.41, 5.74) is 3.17. The van der Waals surface area contributed by atoms with Crippen molar-refractivity contribution in [2.75, 3.05) is 26.2 Å². The zero-order valence-corrected chi connectivity index (χ0v) is 25.6. The maximum absolute atomic E-state index is 13.7. The lowest BCUT2D eigenvalue weighted by molar-refractivity contribution is -0.141. The third kappa shape index (κ3) is 6.65. The van der Waals surface area contributed by atoms with Gasteiger partial charge in [-0.3, -0.25) is 9.59 Å². The van der Waals surface area contributed by atoms with E-state index in [9.17, 15) is 22.8 Å². The molecule has 0 saturated carbocycles. The SMILES string of the molecule is O=C(NC1CCN(CCCCC2(C(=O)NCC(F)(F)F)c3ccccc3-c3ccccc32)CC1)C1N=NSC1c1ccccc1. The van der Waals surface area contributed by atoms with E-state index >= 15 is 0 Å². The Balaban J connectivity index is 1.04. The molecule has 2 N–H and O–H groups in total. The first-order valence-corrected chi connectivity index (χ1v) is 16.3. The monoisotopic (exact) mass is 635 g/mol. The van der Waals surface area contributed by atoms with Crippen LogP contribution < -0.4 is 10.6 Å². The van der Waals surface area contributed by atoms with Gasteiger partial charge in [-0.15, -0.1) is 4.52 Å². The standard InChI is InChI=1S/C34H36F3N5O2S/c35-34(36,37)22-38-32(44)33(27-14-6-4-12-25(27)26-13-5-7-15-28(26)33)18-8-9-19-42-20-16-24(17-21-42)39-31(43)29-30(45-41-40-29)23-10-2-1-3-11-23/h1-7,10-15,24,29-30H,8-9,16-22H2,(H,38,44)(H,39,43). The van der Waals surface area contributed by atoms with Gasteiger partial charge < -0.3 is 15.5 Å². The number of nitrogens with one attached hydrogen (secondary N) is 2. The predicted octanol–water partition coefficient (Wildman–Crippen LogP) is 6.61. The van der Waals surface area contributed by atoms with E-state index in [1.165, 1.54) is 11.9 Å². The first kappa shape index (κ1) is 31.3. The predicted molar refractivity (Wildman–Crippen MR) is 169 cm³/mol. The topological polar surface area (TPSA) is 86.2 Å².